The van der Waals surface area contributed by atoms with Gasteiger partial charge in [0.1, 0.15) is 0 Å². The van der Waals surface area contributed by atoms with Gasteiger partial charge in [-0.25, -0.2) is 4.42 Å². The lowest BCUT2D eigenvalue weighted by molar-refractivity contribution is -0.296. The minimum Gasteiger partial charge on any atom is -0.203 e. The number of rotatable bonds is 0. The van der Waals surface area contributed by atoms with Crippen LogP contribution in [0, 0.1) is 0 Å². The molecule has 0 aliphatic carbocycles. The van der Waals surface area contributed by atoms with Gasteiger partial charge in [-0.15, -0.1) is 0 Å². The fourth-order valence-corrected chi connectivity index (χ4v) is 0.302. The Morgan fingerprint density at radius 1 is 2.00 bits per heavy atom. The van der Waals surface area contributed by atoms with Crippen LogP contribution < -0.4 is 0 Å². The number of thiocarbonyl (C=S) groups is 1. The van der Waals surface area contributed by atoms with Gasteiger partial charge in [-0.05, 0) is 12.6 Å². The van der Waals surface area contributed by atoms with E-state index < -0.39 is 0 Å². The van der Waals surface area contributed by atoms with Crippen molar-refractivity contribution < 1.29 is 4.42 Å². The maximum absolute atomic E-state index is 4.51. The molecule has 0 aromatic rings. The van der Waals surface area contributed by atoms with Gasteiger partial charge >= 0.3 is 4.38 Å². The summed E-state index contributed by atoms with van der Waals surface area (Å²) in [6.07, 6.45) is 1.48. The molecule has 0 aliphatic heterocycles. The van der Waals surface area contributed by atoms with Gasteiger partial charge in [0.05, 0.1) is 0 Å². The molecule has 0 bridgehead atoms. The lowest BCUT2D eigenvalue weighted by Crippen LogP contribution is -1.78. The van der Waals surface area contributed by atoms with E-state index in [-0.39, 0.29) is 4.38 Å². The van der Waals surface area contributed by atoms with Crippen LogP contribution in [0.3, 0.4) is 0 Å². The van der Waals surface area contributed by atoms with Gasteiger partial charge in [0, 0.05) is 19.1 Å². The molecule has 0 N–H and O–H groups in total. The average molecular weight is 121 g/mol. The molecule has 0 heterocycles. The summed E-state index contributed by atoms with van der Waals surface area (Å²) >= 11 is 8.06. The summed E-state index contributed by atoms with van der Waals surface area (Å²) in [5.74, 6) is 0. The zero-order chi connectivity index (χ0) is 4.99. The summed E-state index contributed by atoms with van der Waals surface area (Å²) in [6, 6.07) is 0. The summed E-state index contributed by atoms with van der Waals surface area (Å²) in [7, 11) is 0. The van der Waals surface area contributed by atoms with Gasteiger partial charge < -0.3 is 0 Å². The average Bonchev–Trinajstić information content (AvgIpc) is 1.35. The molecule has 0 spiro atoms. The molecule has 0 fully saturated rings. The summed E-state index contributed by atoms with van der Waals surface area (Å²) in [5, 5.41) is 0. The SMILES string of the molecule is CC=[O+]C(=S)S. The monoisotopic (exact) mass is 121 g/mol. The molecule has 0 unspecified atom stereocenters. The van der Waals surface area contributed by atoms with Crippen molar-refractivity contribution in [3.8, 4) is 0 Å². The van der Waals surface area contributed by atoms with E-state index in [1.807, 2.05) is 0 Å². The number of carbonyl (C=O) groups excluding carboxylic acids is 1. The normalized spacial score (nSPS) is 9.67. The van der Waals surface area contributed by atoms with Gasteiger partial charge in [0.25, 0.3) is 6.29 Å². The molecule has 34 valence electrons. The van der Waals surface area contributed by atoms with E-state index in [0.29, 0.717) is 0 Å². The molecule has 0 saturated heterocycles. The lowest BCUT2D eigenvalue weighted by atomic mass is 10.9. The summed E-state index contributed by atoms with van der Waals surface area (Å²) in [5.41, 5.74) is 0. The van der Waals surface area contributed by atoms with Gasteiger partial charge in [0.15, 0.2) is 0 Å². The van der Waals surface area contributed by atoms with E-state index >= 15 is 0 Å². The highest BCUT2D eigenvalue weighted by molar-refractivity contribution is 8.10. The van der Waals surface area contributed by atoms with E-state index in [9.17, 15) is 0 Å². The van der Waals surface area contributed by atoms with Crippen molar-refractivity contribution in [3.63, 3.8) is 0 Å². The molecular weight excluding hydrogens is 116 g/mol. The highest BCUT2D eigenvalue weighted by Crippen LogP contribution is 1.74. The Morgan fingerprint density at radius 2 is 2.50 bits per heavy atom. The van der Waals surface area contributed by atoms with Crippen molar-refractivity contribution >= 4 is 35.5 Å². The first-order chi connectivity index (χ1) is 2.77. The van der Waals surface area contributed by atoms with Crippen molar-refractivity contribution in [2.75, 3.05) is 0 Å². The third-order valence-corrected chi connectivity index (χ3v) is 0.420. The van der Waals surface area contributed by atoms with Crippen molar-refractivity contribution in [1.29, 1.82) is 0 Å². The van der Waals surface area contributed by atoms with Crippen LogP contribution in [-0.4, -0.2) is 10.7 Å². The van der Waals surface area contributed by atoms with Gasteiger partial charge in [-0.3, -0.25) is 0 Å². The Balaban J connectivity index is 3.30. The van der Waals surface area contributed by atoms with Gasteiger partial charge in [0.2, 0.25) is 0 Å². The summed E-state index contributed by atoms with van der Waals surface area (Å²) in [6.45, 7) is 1.74. The molecule has 0 radical (unpaired) electrons. The largest absolute Gasteiger partial charge is 0.451 e. The summed E-state index contributed by atoms with van der Waals surface area (Å²) < 4.78 is 4.77. The molecule has 3 heteroatoms. The second-order valence-electron chi connectivity index (χ2n) is 0.619. The van der Waals surface area contributed by atoms with Crippen LogP contribution in [0.4, 0.5) is 0 Å². The Bertz CT molecular complexity index is 76.9. The quantitative estimate of drug-likeness (QED) is 0.218. The Kier molecular flexibility index (Phi) is 3.37. The highest BCUT2D eigenvalue weighted by Gasteiger charge is 1.88. The van der Waals surface area contributed by atoms with Crippen LogP contribution in [-0.2, 0) is 4.42 Å². The zero-order valence-electron chi connectivity index (χ0n) is 3.34. The van der Waals surface area contributed by atoms with Gasteiger partial charge in [-0.1, -0.05) is 0 Å². The molecule has 6 heavy (non-hydrogen) atoms. The van der Waals surface area contributed by atoms with Crippen LogP contribution >= 0.6 is 24.8 Å². The molecular formula is C3H5OS2+. The Hall–Kier alpha value is 0.110. The third-order valence-electron chi connectivity index (χ3n) is 0.219. The first-order valence-corrected chi connectivity index (χ1v) is 2.30. The molecule has 0 amide bonds. The predicted octanol–water partition coefficient (Wildman–Crippen LogP) is 0.956. The maximum atomic E-state index is 4.51. The first-order valence-electron chi connectivity index (χ1n) is 1.44. The summed E-state index contributed by atoms with van der Waals surface area (Å²) in [4.78, 5) is 0. The second-order valence-corrected chi connectivity index (χ2v) is 1.70. The predicted molar refractivity (Wildman–Crippen MR) is 33.3 cm³/mol. The fourth-order valence-electron chi connectivity index (χ4n) is 0.101. The van der Waals surface area contributed by atoms with E-state index in [1.54, 1.807) is 6.92 Å². The number of aldehydes is 1. The van der Waals surface area contributed by atoms with E-state index in [1.165, 1.54) is 6.29 Å². The second kappa shape index (κ2) is 3.31. The lowest BCUT2D eigenvalue weighted by Gasteiger charge is -1.56. The Labute approximate surface area is 47.5 Å². The van der Waals surface area contributed by atoms with Crippen molar-refractivity contribution in [2.24, 2.45) is 0 Å². The van der Waals surface area contributed by atoms with Crippen LogP contribution in [0.2, 0.25) is 0 Å². The van der Waals surface area contributed by atoms with Crippen molar-refractivity contribution in [2.45, 2.75) is 6.92 Å². The molecule has 0 aromatic heterocycles. The molecule has 0 atom stereocenters. The van der Waals surface area contributed by atoms with Crippen LogP contribution in [0.1, 0.15) is 6.92 Å². The minimum absolute atomic E-state index is 0.262. The van der Waals surface area contributed by atoms with Crippen LogP contribution in [0.5, 0.6) is 0 Å². The number of hydrogen-bond donors (Lipinski definition) is 1. The number of hydrogen-bond acceptors (Lipinski definition) is 1. The van der Waals surface area contributed by atoms with E-state index in [0.717, 1.165) is 0 Å². The van der Waals surface area contributed by atoms with Crippen molar-refractivity contribution in [3.05, 3.63) is 0 Å². The molecule has 0 saturated carbocycles. The maximum Gasteiger partial charge on any atom is 0.451 e. The smallest absolute Gasteiger partial charge is 0.203 e. The van der Waals surface area contributed by atoms with E-state index in [2.05, 4.69) is 29.3 Å². The minimum atomic E-state index is 0.262. The molecule has 1 nitrogen and oxygen atoms in total. The van der Waals surface area contributed by atoms with Crippen LogP contribution in [0.15, 0.2) is 0 Å². The first kappa shape index (κ1) is 6.11. The Morgan fingerprint density at radius 3 is 2.50 bits per heavy atom. The molecule has 0 rings (SSSR count). The number of thiol groups is 1. The van der Waals surface area contributed by atoms with Gasteiger partial charge in [-0.2, -0.15) is 0 Å². The van der Waals surface area contributed by atoms with E-state index in [4.69, 9.17) is 0 Å². The van der Waals surface area contributed by atoms with Crippen LogP contribution in [0.25, 0.3) is 0 Å². The third kappa shape index (κ3) is 4.11. The fraction of sp³-hybridized carbons (Fsp3) is 0.333. The standard InChI is InChI=1S/C3H4OS2/c1-2-4-3(5)6/h2H,1H3/p+1. The highest BCUT2D eigenvalue weighted by atomic mass is 32.1. The molecule has 0 aromatic carbocycles. The zero-order valence-corrected chi connectivity index (χ0v) is 5.05. The molecule has 0 aliphatic rings. The van der Waals surface area contributed by atoms with Crippen molar-refractivity contribution in [1.82, 2.24) is 0 Å². The topological polar surface area (TPSA) is 11.3 Å².